The summed E-state index contributed by atoms with van der Waals surface area (Å²) >= 11 is 0. The van der Waals surface area contributed by atoms with Crippen LogP contribution in [0.15, 0.2) is 43.0 Å². The third-order valence-corrected chi connectivity index (χ3v) is 3.28. The molecule has 0 heterocycles. The summed E-state index contributed by atoms with van der Waals surface area (Å²) in [5.74, 6) is -0.717. The van der Waals surface area contributed by atoms with Crippen molar-refractivity contribution in [1.29, 1.82) is 0 Å². The molecule has 10 heteroatoms. The van der Waals surface area contributed by atoms with Crippen LogP contribution in [0.25, 0.3) is 6.08 Å². The zero-order valence-electron chi connectivity index (χ0n) is 12.7. The standard InChI is InChI=1S/C13H13F2O5P.2H3N/c1-2-8-20-12(16)7-6-10-4-3-5-11(9-10)13(14,15)21(17,18)19;;/h2-7,9H,1,8H2,(H2,17,18,19);2*1H3/b7-6-;;. The number of hydrogen-bond acceptors (Lipinski definition) is 5. The maximum atomic E-state index is 13.4. The average Bonchev–Trinajstić information content (AvgIpc) is 2.42. The van der Waals surface area contributed by atoms with Crippen molar-refractivity contribution >= 4 is 19.6 Å². The molecule has 7 nitrogen and oxygen atoms in total. The number of halogens is 2. The SMILES string of the molecule is C=CCOC(=O)/C=C\c1cccc(C(F)(F)P(=O)([O-])[O-])c1.[NH4+].[NH4+]. The van der Waals surface area contributed by atoms with E-state index in [2.05, 4.69) is 11.3 Å². The molecule has 0 saturated carbocycles. The Kier molecular flexibility index (Phi) is 9.43. The molecule has 0 radical (unpaired) electrons. The van der Waals surface area contributed by atoms with Gasteiger partial charge in [-0.05, 0) is 17.7 Å². The van der Waals surface area contributed by atoms with Gasteiger partial charge >= 0.3 is 5.97 Å². The van der Waals surface area contributed by atoms with Gasteiger partial charge in [0, 0.05) is 19.2 Å². The van der Waals surface area contributed by atoms with Gasteiger partial charge in [0.25, 0.3) is 5.66 Å². The third-order valence-electron chi connectivity index (χ3n) is 2.33. The molecule has 1 aromatic carbocycles. The monoisotopic (exact) mass is 352 g/mol. The van der Waals surface area contributed by atoms with E-state index in [0.717, 1.165) is 30.4 Å². The number of alkyl halides is 2. The molecule has 0 aliphatic rings. The topological polar surface area (TPSA) is 162 Å². The third kappa shape index (κ3) is 6.39. The second-order valence-electron chi connectivity index (χ2n) is 3.92. The van der Waals surface area contributed by atoms with Gasteiger partial charge < -0.3 is 31.4 Å². The lowest BCUT2D eigenvalue weighted by Crippen LogP contribution is -2.29. The molecule has 0 fully saturated rings. The molecule has 0 aliphatic heterocycles. The highest BCUT2D eigenvalue weighted by molar-refractivity contribution is 7.49. The van der Waals surface area contributed by atoms with Crippen LogP contribution < -0.4 is 22.1 Å². The Morgan fingerprint density at radius 3 is 2.48 bits per heavy atom. The molecule has 1 rings (SSSR count). The number of carbonyl (C=O) groups is 1. The summed E-state index contributed by atoms with van der Waals surface area (Å²) in [4.78, 5) is 32.3. The maximum absolute atomic E-state index is 13.4. The van der Waals surface area contributed by atoms with E-state index in [-0.39, 0.29) is 24.5 Å². The van der Waals surface area contributed by atoms with E-state index >= 15 is 0 Å². The van der Waals surface area contributed by atoms with Crippen LogP contribution in [0.3, 0.4) is 0 Å². The van der Waals surface area contributed by atoms with Gasteiger partial charge in [-0.15, -0.1) is 0 Å². The lowest BCUT2D eigenvalue weighted by atomic mass is 10.1. The first-order valence-electron chi connectivity index (χ1n) is 5.64. The second kappa shape index (κ2) is 9.29. The predicted molar refractivity (Wildman–Crippen MR) is 80.1 cm³/mol. The largest absolute Gasteiger partial charge is 0.806 e. The van der Waals surface area contributed by atoms with Crippen molar-refractivity contribution < 1.29 is 32.7 Å². The minimum atomic E-state index is -6.12. The molecule has 0 aromatic heterocycles. The van der Waals surface area contributed by atoms with Crippen molar-refractivity contribution in [2.45, 2.75) is 5.66 Å². The maximum Gasteiger partial charge on any atom is 0.331 e. The van der Waals surface area contributed by atoms with Crippen molar-refractivity contribution in [3.05, 3.63) is 54.1 Å². The van der Waals surface area contributed by atoms with Crippen LogP contribution in [0, 0.1) is 0 Å². The Hall–Kier alpha value is -1.90. The molecule has 0 unspecified atom stereocenters. The van der Waals surface area contributed by atoms with Crippen LogP contribution in [-0.2, 0) is 19.8 Å². The number of quaternary nitrogens is 2. The minimum absolute atomic E-state index is 0. The van der Waals surface area contributed by atoms with E-state index in [9.17, 15) is 27.9 Å². The molecule has 1 aromatic rings. The van der Waals surface area contributed by atoms with Crippen molar-refractivity contribution in [3.8, 4) is 0 Å². The van der Waals surface area contributed by atoms with Crippen LogP contribution in [-0.4, -0.2) is 12.6 Å². The first-order chi connectivity index (χ1) is 9.68. The zero-order valence-corrected chi connectivity index (χ0v) is 13.6. The van der Waals surface area contributed by atoms with E-state index in [1.165, 1.54) is 12.1 Å². The van der Waals surface area contributed by atoms with Crippen LogP contribution in [0.5, 0.6) is 0 Å². The van der Waals surface area contributed by atoms with Gasteiger partial charge in [0.1, 0.15) is 6.61 Å². The van der Waals surface area contributed by atoms with Crippen molar-refractivity contribution in [2.75, 3.05) is 6.61 Å². The quantitative estimate of drug-likeness (QED) is 0.346. The molecule has 0 aliphatic carbocycles. The fourth-order valence-electron chi connectivity index (χ4n) is 1.34. The summed E-state index contributed by atoms with van der Waals surface area (Å²) in [5.41, 5.74) is -5.35. The molecular weight excluding hydrogens is 333 g/mol. The van der Waals surface area contributed by atoms with Crippen molar-refractivity contribution in [1.82, 2.24) is 12.3 Å². The summed E-state index contributed by atoms with van der Waals surface area (Å²) < 4.78 is 42.0. The normalized spacial score (nSPS) is 11.3. The Morgan fingerprint density at radius 1 is 1.35 bits per heavy atom. The summed E-state index contributed by atoms with van der Waals surface area (Å²) in [5, 5.41) is 0. The molecule has 8 N–H and O–H groups in total. The molecular formula is C13H19F2N2O5P. The van der Waals surface area contributed by atoms with E-state index in [1.54, 1.807) is 0 Å². The predicted octanol–water partition coefficient (Wildman–Crippen LogP) is 2.14. The zero-order chi connectivity index (χ0) is 16.1. The summed E-state index contributed by atoms with van der Waals surface area (Å²) in [6.45, 7) is 3.34. The Bertz CT molecular complexity index is 616. The number of ether oxygens (including phenoxy) is 1. The van der Waals surface area contributed by atoms with Gasteiger partial charge in [0.05, 0.1) is 0 Å². The van der Waals surface area contributed by atoms with Crippen molar-refractivity contribution in [3.63, 3.8) is 0 Å². The number of hydrogen-bond donors (Lipinski definition) is 2. The van der Waals surface area contributed by atoms with Gasteiger partial charge in [0.15, 0.2) is 0 Å². The highest BCUT2D eigenvalue weighted by atomic mass is 31.2. The molecule has 0 saturated heterocycles. The Balaban J connectivity index is 0. The molecule has 0 spiro atoms. The molecule has 0 amide bonds. The van der Waals surface area contributed by atoms with E-state index < -0.39 is 24.8 Å². The highest BCUT2D eigenvalue weighted by Crippen LogP contribution is 2.53. The smallest absolute Gasteiger partial charge is 0.331 e. The summed E-state index contributed by atoms with van der Waals surface area (Å²) in [6, 6.07) is 4.13. The second-order valence-corrected chi connectivity index (χ2v) is 5.47. The first-order valence-corrected chi connectivity index (χ1v) is 7.19. The summed E-state index contributed by atoms with van der Waals surface area (Å²) in [7, 11) is -6.12. The molecule has 23 heavy (non-hydrogen) atoms. The van der Waals surface area contributed by atoms with E-state index in [0.29, 0.717) is 0 Å². The van der Waals surface area contributed by atoms with Gasteiger partial charge in [-0.1, -0.05) is 30.9 Å². The Labute approximate surface area is 132 Å². The molecule has 0 atom stereocenters. The number of rotatable bonds is 6. The first kappa shape index (κ1) is 23.4. The van der Waals surface area contributed by atoms with Crippen LogP contribution in [0.1, 0.15) is 11.1 Å². The van der Waals surface area contributed by atoms with Crippen LogP contribution >= 0.6 is 7.60 Å². The van der Waals surface area contributed by atoms with Gasteiger partial charge in [-0.3, -0.25) is 0 Å². The fourth-order valence-corrected chi connectivity index (χ4v) is 1.80. The Morgan fingerprint density at radius 2 is 1.96 bits per heavy atom. The van der Waals surface area contributed by atoms with Crippen LogP contribution in [0.4, 0.5) is 8.78 Å². The van der Waals surface area contributed by atoms with Crippen LogP contribution in [0.2, 0.25) is 0 Å². The lowest BCUT2D eigenvalue weighted by molar-refractivity contribution is -0.335. The number of carbonyl (C=O) groups excluding carboxylic acids is 1. The van der Waals surface area contributed by atoms with Gasteiger partial charge in [-0.2, -0.15) is 8.78 Å². The number of benzene rings is 1. The van der Waals surface area contributed by atoms with Gasteiger partial charge in [0.2, 0.25) is 0 Å². The fraction of sp³-hybridized carbons (Fsp3) is 0.154. The van der Waals surface area contributed by atoms with Crippen molar-refractivity contribution in [2.24, 2.45) is 0 Å². The summed E-state index contributed by atoms with van der Waals surface area (Å²) in [6.07, 6.45) is 3.49. The van der Waals surface area contributed by atoms with Gasteiger partial charge in [-0.25, -0.2) is 4.79 Å². The minimum Gasteiger partial charge on any atom is -0.806 e. The number of esters is 1. The highest BCUT2D eigenvalue weighted by Gasteiger charge is 2.35. The lowest BCUT2D eigenvalue weighted by Gasteiger charge is -2.37. The average molecular weight is 352 g/mol. The molecule has 0 bridgehead atoms. The molecule has 130 valence electrons. The van der Waals surface area contributed by atoms with E-state index in [4.69, 9.17) is 0 Å². The van der Waals surface area contributed by atoms with E-state index in [1.807, 2.05) is 0 Å².